The Labute approximate surface area is 176 Å². The number of nitro groups is 1. The number of carbonyl (C=O) groups is 1. The zero-order valence-electron chi connectivity index (χ0n) is 16.1. The first-order valence-electron chi connectivity index (χ1n) is 8.65. The summed E-state index contributed by atoms with van der Waals surface area (Å²) in [6.07, 6.45) is 0. The van der Waals surface area contributed by atoms with Crippen LogP contribution in [0.15, 0.2) is 46.8 Å². The second kappa shape index (κ2) is 9.01. The molecule has 3 aromatic rings. The largest absolute Gasteiger partial charge is 0.330 e. The summed E-state index contributed by atoms with van der Waals surface area (Å²) >= 11 is 2.68. The van der Waals surface area contributed by atoms with Crippen LogP contribution in [0.1, 0.15) is 11.1 Å². The van der Waals surface area contributed by atoms with Crippen LogP contribution in [0, 0.1) is 24.0 Å². The summed E-state index contributed by atoms with van der Waals surface area (Å²) in [6, 6.07) is 11.9. The Morgan fingerprint density at radius 1 is 1.21 bits per heavy atom. The van der Waals surface area contributed by atoms with Crippen LogP contribution in [0.4, 0.5) is 22.2 Å². The lowest BCUT2D eigenvalue weighted by Gasteiger charge is -2.16. The summed E-state index contributed by atoms with van der Waals surface area (Å²) < 4.78 is 0.684. The summed E-state index contributed by atoms with van der Waals surface area (Å²) in [5.74, 6) is 0.0501. The summed E-state index contributed by atoms with van der Waals surface area (Å²) in [4.78, 5) is 24.2. The number of nitrogens with one attached hydrogen (secondary N) is 1. The molecule has 1 aromatic heterocycles. The van der Waals surface area contributed by atoms with Crippen molar-refractivity contribution in [3.8, 4) is 0 Å². The second-order valence-electron chi connectivity index (χ2n) is 6.26. The molecule has 0 aliphatic rings. The van der Waals surface area contributed by atoms with Gasteiger partial charge in [-0.15, -0.1) is 10.2 Å². The van der Waals surface area contributed by atoms with E-state index in [2.05, 4.69) is 28.5 Å². The molecule has 0 radical (unpaired) electrons. The Kier molecular flexibility index (Phi) is 6.45. The molecule has 0 saturated heterocycles. The van der Waals surface area contributed by atoms with E-state index < -0.39 is 4.92 Å². The Morgan fingerprint density at radius 3 is 2.62 bits per heavy atom. The van der Waals surface area contributed by atoms with Crippen molar-refractivity contribution in [1.29, 1.82) is 0 Å². The molecule has 1 heterocycles. The van der Waals surface area contributed by atoms with E-state index in [9.17, 15) is 14.9 Å². The van der Waals surface area contributed by atoms with Gasteiger partial charge in [0.25, 0.3) is 5.69 Å². The van der Waals surface area contributed by atoms with E-state index in [-0.39, 0.29) is 17.3 Å². The average Bonchev–Trinajstić information content (AvgIpc) is 3.16. The van der Waals surface area contributed by atoms with Gasteiger partial charge in [0.2, 0.25) is 11.0 Å². The zero-order chi connectivity index (χ0) is 21.0. The molecule has 2 aromatic carbocycles. The van der Waals surface area contributed by atoms with E-state index in [1.54, 1.807) is 19.2 Å². The fraction of sp³-hybridized carbons (Fsp3) is 0.211. The standard InChI is InChI=1S/C19H19N5O3S2/c1-12-5-4-6-16(13(12)2)20-18-21-22-19(29-18)28-11-17(25)23(3)14-7-9-15(10-8-14)24(26)27/h4-10H,11H2,1-3H3,(H,20,21). The van der Waals surface area contributed by atoms with Crippen molar-refractivity contribution >= 4 is 51.2 Å². The predicted octanol–water partition coefficient (Wildman–Crippen LogP) is 4.56. The maximum absolute atomic E-state index is 12.4. The molecule has 150 valence electrons. The lowest BCUT2D eigenvalue weighted by molar-refractivity contribution is -0.384. The maximum atomic E-state index is 12.4. The number of nitro benzene ring substituents is 1. The van der Waals surface area contributed by atoms with Gasteiger partial charge >= 0.3 is 0 Å². The van der Waals surface area contributed by atoms with Gasteiger partial charge in [-0.1, -0.05) is 35.2 Å². The lowest BCUT2D eigenvalue weighted by atomic mass is 10.1. The van der Waals surface area contributed by atoms with Gasteiger partial charge in [0.15, 0.2) is 4.34 Å². The van der Waals surface area contributed by atoms with Crippen molar-refractivity contribution in [1.82, 2.24) is 10.2 Å². The van der Waals surface area contributed by atoms with E-state index in [1.165, 1.54) is 45.7 Å². The third-order valence-corrected chi connectivity index (χ3v) is 6.35. The molecule has 1 amide bonds. The van der Waals surface area contributed by atoms with Crippen LogP contribution in [-0.4, -0.2) is 33.8 Å². The highest BCUT2D eigenvalue weighted by Gasteiger charge is 2.15. The number of hydrogen-bond donors (Lipinski definition) is 1. The van der Waals surface area contributed by atoms with Crippen LogP contribution in [0.3, 0.4) is 0 Å². The minimum absolute atomic E-state index is 0.0123. The number of aryl methyl sites for hydroxylation is 1. The van der Waals surface area contributed by atoms with Crippen LogP contribution >= 0.6 is 23.1 Å². The van der Waals surface area contributed by atoms with E-state index in [1.807, 2.05) is 19.1 Å². The molecule has 0 atom stereocenters. The smallest absolute Gasteiger partial charge is 0.269 e. The summed E-state index contributed by atoms with van der Waals surface area (Å²) in [6.45, 7) is 4.09. The van der Waals surface area contributed by atoms with Crippen LogP contribution in [0.2, 0.25) is 0 Å². The molecular weight excluding hydrogens is 410 g/mol. The first-order chi connectivity index (χ1) is 13.8. The molecule has 8 nitrogen and oxygen atoms in total. The van der Waals surface area contributed by atoms with Crippen molar-refractivity contribution in [3.05, 3.63) is 63.7 Å². The number of benzene rings is 2. The minimum atomic E-state index is -0.471. The molecule has 0 fully saturated rings. The minimum Gasteiger partial charge on any atom is -0.330 e. The van der Waals surface area contributed by atoms with Crippen molar-refractivity contribution in [2.45, 2.75) is 18.2 Å². The van der Waals surface area contributed by atoms with E-state index in [0.29, 0.717) is 15.2 Å². The maximum Gasteiger partial charge on any atom is 0.269 e. The van der Waals surface area contributed by atoms with Crippen molar-refractivity contribution in [2.24, 2.45) is 0 Å². The van der Waals surface area contributed by atoms with Crippen molar-refractivity contribution in [2.75, 3.05) is 23.0 Å². The number of rotatable bonds is 7. The molecule has 29 heavy (non-hydrogen) atoms. The van der Waals surface area contributed by atoms with Crippen LogP contribution in [0.25, 0.3) is 0 Å². The highest BCUT2D eigenvalue weighted by atomic mass is 32.2. The molecule has 0 bridgehead atoms. The fourth-order valence-corrected chi connectivity index (χ4v) is 4.16. The van der Waals surface area contributed by atoms with Crippen LogP contribution < -0.4 is 10.2 Å². The molecule has 3 rings (SSSR count). The number of thioether (sulfide) groups is 1. The molecule has 1 N–H and O–H groups in total. The number of aromatic nitrogens is 2. The molecule has 0 aliphatic heterocycles. The number of carbonyl (C=O) groups excluding carboxylic acids is 1. The first kappa shape index (κ1) is 20.7. The number of amides is 1. The summed E-state index contributed by atoms with van der Waals surface area (Å²) in [5, 5.41) is 22.9. The number of non-ortho nitro benzene ring substituents is 1. The van der Waals surface area contributed by atoms with Crippen molar-refractivity contribution in [3.63, 3.8) is 0 Å². The monoisotopic (exact) mass is 429 g/mol. The average molecular weight is 430 g/mol. The van der Waals surface area contributed by atoms with Gasteiger partial charge in [-0.25, -0.2) is 0 Å². The molecule has 10 heteroatoms. The summed E-state index contributed by atoms with van der Waals surface area (Å²) in [7, 11) is 1.64. The quantitative estimate of drug-likeness (QED) is 0.334. The van der Waals surface area contributed by atoms with Gasteiger partial charge in [-0.05, 0) is 43.2 Å². The molecular formula is C19H19N5O3S2. The Hall–Kier alpha value is -2.98. The van der Waals surface area contributed by atoms with Gasteiger partial charge in [0.1, 0.15) is 0 Å². The van der Waals surface area contributed by atoms with E-state index in [4.69, 9.17) is 0 Å². The third-order valence-electron chi connectivity index (χ3n) is 4.39. The van der Waals surface area contributed by atoms with Crippen LogP contribution in [0.5, 0.6) is 0 Å². The van der Waals surface area contributed by atoms with Crippen molar-refractivity contribution < 1.29 is 9.72 Å². The lowest BCUT2D eigenvalue weighted by Crippen LogP contribution is -2.27. The predicted molar refractivity (Wildman–Crippen MR) is 116 cm³/mol. The van der Waals surface area contributed by atoms with Crippen LogP contribution in [-0.2, 0) is 4.79 Å². The van der Waals surface area contributed by atoms with Gasteiger partial charge < -0.3 is 10.2 Å². The molecule has 0 aliphatic carbocycles. The Bertz CT molecular complexity index is 1040. The zero-order valence-corrected chi connectivity index (χ0v) is 17.7. The molecule has 0 saturated carbocycles. The van der Waals surface area contributed by atoms with E-state index in [0.717, 1.165) is 11.3 Å². The number of hydrogen-bond acceptors (Lipinski definition) is 8. The Balaban J connectivity index is 1.58. The first-order valence-corrected chi connectivity index (χ1v) is 10.5. The van der Waals surface area contributed by atoms with E-state index >= 15 is 0 Å². The molecule has 0 spiro atoms. The second-order valence-corrected chi connectivity index (χ2v) is 8.46. The SMILES string of the molecule is Cc1cccc(Nc2nnc(SCC(=O)N(C)c3ccc([N+](=O)[O-])cc3)s2)c1C. The third kappa shape index (κ3) is 5.09. The number of anilines is 3. The Morgan fingerprint density at radius 2 is 1.93 bits per heavy atom. The van der Waals surface area contributed by atoms with Gasteiger partial charge in [0, 0.05) is 30.6 Å². The molecule has 0 unspecified atom stereocenters. The van der Waals surface area contributed by atoms with Gasteiger partial charge in [-0.3, -0.25) is 14.9 Å². The summed E-state index contributed by atoms with van der Waals surface area (Å²) in [5.41, 5.74) is 3.90. The fourth-order valence-electron chi connectivity index (χ4n) is 2.48. The van der Waals surface area contributed by atoms with Gasteiger partial charge in [0.05, 0.1) is 10.7 Å². The highest BCUT2D eigenvalue weighted by molar-refractivity contribution is 8.01. The van der Waals surface area contributed by atoms with Gasteiger partial charge in [-0.2, -0.15) is 0 Å². The topological polar surface area (TPSA) is 101 Å². The normalized spacial score (nSPS) is 10.6. The highest BCUT2D eigenvalue weighted by Crippen LogP contribution is 2.30. The number of nitrogens with zero attached hydrogens (tertiary/aromatic N) is 4.